The summed E-state index contributed by atoms with van der Waals surface area (Å²) < 4.78 is 1.66. The standard InChI is InChI=1S/C22H28ClN5O2/c23-19-5-7-20(8-6-19)28-16-18(15-25-28)21(29)24-9-10-26-11-13-27(14-12-26)22(30)17-3-1-2-4-17/h5-8,15-17H,1-4,9-14H2,(H,24,29). The molecule has 0 spiro atoms. The molecule has 2 fully saturated rings. The molecule has 1 aliphatic heterocycles. The molecule has 0 radical (unpaired) electrons. The number of aromatic nitrogens is 2. The highest BCUT2D eigenvalue weighted by molar-refractivity contribution is 6.30. The van der Waals surface area contributed by atoms with Crippen LogP contribution in [0.1, 0.15) is 36.0 Å². The van der Waals surface area contributed by atoms with Crippen LogP contribution in [0.5, 0.6) is 0 Å². The van der Waals surface area contributed by atoms with Crippen LogP contribution in [0.4, 0.5) is 0 Å². The molecule has 2 amide bonds. The van der Waals surface area contributed by atoms with E-state index in [0.717, 1.165) is 51.3 Å². The fraction of sp³-hybridized carbons (Fsp3) is 0.500. The molecular weight excluding hydrogens is 402 g/mol. The number of hydrogen-bond donors (Lipinski definition) is 1. The third-order valence-electron chi connectivity index (χ3n) is 6.04. The largest absolute Gasteiger partial charge is 0.351 e. The minimum Gasteiger partial charge on any atom is -0.351 e. The second-order valence-electron chi connectivity index (χ2n) is 8.05. The Bertz CT molecular complexity index is 868. The number of carbonyl (C=O) groups excluding carboxylic acids is 2. The quantitative estimate of drug-likeness (QED) is 0.766. The molecule has 1 aromatic heterocycles. The number of benzene rings is 1. The van der Waals surface area contributed by atoms with Gasteiger partial charge in [-0.25, -0.2) is 4.68 Å². The van der Waals surface area contributed by atoms with E-state index in [1.54, 1.807) is 29.2 Å². The zero-order valence-electron chi connectivity index (χ0n) is 17.1. The summed E-state index contributed by atoms with van der Waals surface area (Å²) in [5.41, 5.74) is 1.38. The van der Waals surface area contributed by atoms with Crippen molar-refractivity contribution in [2.24, 2.45) is 5.92 Å². The highest BCUT2D eigenvalue weighted by Crippen LogP contribution is 2.26. The molecule has 2 aliphatic rings. The fourth-order valence-electron chi connectivity index (χ4n) is 4.23. The molecule has 1 aliphatic carbocycles. The summed E-state index contributed by atoms with van der Waals surface area (Å²) in [4.78, 5) is 29.3. The number of carbonyl (C=O) groups is 2. The third-order valence-corrected chi connectivity index (χ3v) is 6.29. The normalized spacial score (nSPS) is 18.0. The van der Waals surface area contributed by atoms with Crippen molar-refractivity contribution in [3.63, 3.8) is 0 Å². The third kappa shape index (κ3) is 5.02. The van der Waals surface area contributed by atoms with Crippen molar-refractivity contribution in [3.8, 4) is 5.69 Å². The predicted octanol–water partition coefficient (Wildman–Crippen LogP) is 2.59. The summed E-state index contributed by atoms with van der Waals surface area (Å²) in [6, 6.07) is 7.29. The zero-order valence-corrected chi connectivity index (χ0v) is 17.9. The van der Waals surface area contributed by atoms with Crippen molar-refractivity contribution in [1.82, 2.24) is 24.9 Å². The van der Waals surface area contributed by atoms with Crippen molar-refractivity contribution >= 4 is 23.4 Å². The Labute approximate surface area is 182 Å². The molecule has 1 saturated heterocycles. The van der Waals surface area contributed by atoms with Gasteiger partial charge in [-0.15, -0.1) is 0 Å². The molecule has 1 aromatic carbocycles. The number of halogens is 1. The predicted molar refractivity (Wildman–Crippen MR) is 116 cm³/mol. The average molecular weight is 430 g/mol. The zero-order chi connectivity index (χ0) is 20.9. The Morgan fingerprint density at radius 3 is 2.47 bits per heavy atom. The first-order chi connectivity index (χ1) is 14.6. The maximum absolute atomic E-state index is 12.5. The van der Waals surface area contributed by atoms with Gasteiger partial charge in [0.1, 0.15) is 0 Å². The number of rotatable bonds is 6. The number of piperazine rings is 1. The van der Waals surface area contributed by atoms with Crippen LogP contribution in [-0.4, -0.2) is 70.7 Å². The van der Waals surface area contributed by atoms with E-state index in [9.17, 15) is 9.59 Å². The highest BCUT2D eigenvalue weighted by atomic mass is 35.5. The van der Waals surface area contributed by atoms with Crippen LogP contribution in [0.2, 0.25) is 5.02 Å². The average Bonchev–Trinajstić information content (AvgIpc) is 3.47. The van der Waals surface area contributed by atoms with E-state index in [2.05, 4.69) is 15.3 Å². The number of nitrogens with zero attached hydrogens (tertiary/aromatic N) is 4. The van der Waals surface area contributed by atoms with E-state index in [-0.39, 0.29) is 11.8 Å². The minimum absolute atomic E-state index is 0.134. The minimum atomic E-state index is -0.134. The van der Waals surface area contributed by atoms with E-state index in [4.69, 9.17) is 11.6 Å². The van der Waals surface area contributed by atoms with Gasteiger partial charge in [0.25, 0.3) is 5.91 Å². The van der Waals surface area contributed by atoms with Gasteiger partial charge in [-0.3, -0.25) is 14.5 Å². The molecule has 1 saturated carbocycles. The van der Waals surface area contributed by atoms with Crippen molar-refractivity contribution in [3.05, 3.63) is 47.2 Å². The number of amides is 2. The molecule has 30 heavy (non-hydrogen) atoms. The summed E-state index contributed by atoms with van der Waals surface area (Å²) >= 11 is 5.91. The molecular formula is C22H28ClN5O2. The van der Waals surface area contributed by atoms with Gasteiger partial charge in [-0.2, -0.15) is 5.10 Å². The monoisotopic (exact) mass is 429 g/mol. The second-order valence-corrected chi connectivity index (χ2v) is 8.49. The Morgan fingerprint density at radius 1 is 1.07 bits per heavy atom. The smallest absolute Gasteiger partial charge is 0.254 e. The van der Waals surface area contributed by atoms with E-state index in [0.29, 0.717) is 23.0 Å². The Balaban J connectivity index is 1.19. The summed E-state index contributed by atoms with van der Waals surface area (Å²) in [7, 11) is 0. The Morgan fingerprint density at radius 2 is 1.77 bits per heavy atom. The van der Waals surface area contributed by atoms with Crippen LogP contribution < -0.4 is 5.32 Å². The van der Waals surface area contributed by atoms with E-state index < -0.39 is 0 Å². The lowest BCUT2D eigenvalue weighted by Gasteiger charge is -2.36. The van der Waals surface area contributed by atoms with E-state index in [1.165, 1.54) is 12.8 Å². The second kappa shape index (κ2) is 9.62. The Kier molecular flexibility index (Phi) is 6.69. The van der Waals surface area contributed by atoms with Crippen molar-refractivity contribution in [2.45, 2.75) is 25.7 Å². The lowest BCUT2D eigenvalue weighted by atomic mass is 10.1. The number of nitrogens with one attached hydrogen (secondary N) is 1. The van der Waals surface area contributed by atoms with Crippen LogP contribution in [0.25, 0.3) is 5.69 Å². The maximum atomic E-state index is 12.5. The van der Waals surface area contributed by atoms with E-state index >= 15 is 0 Å². The topological polar surface area (TPSA) is 70.5 Å². The summed E-state index contributed by atoms with van der Waals surface area (Å²) in [5.74, 6) is 0.466. The van der Waals surface area contributed by atoms with Crippen molar-refractivity contribution in [2.75, 3.05) is 39.3 Å². The molecule has 0 atom stereocenters. The first kappa shape index (κ1) is 20.9. The molecule has 1 N–H and O–H groups in total. The highest BCUT2D eigenvalue weighted by Gasteiger charge is 2.29. The molecule has 0 bridgehead atoms. The SMILES string of the molecule is O=C(NCCN1CCN(C(=O)C2CCCC2)CC1)c1cnn(-c2ccc(Cl)cc2)c1. The van der Waals surface area contributed by atoms with Crippen LogP contribution in [-0.2, 0) is 4.79 Å². The maximum Gasteiger partial charge on any atom is 0.254 e. The van der Waals surface area contributed by atoms with Crippen molar-refractivity contribution < 1.29 is 9.59 Å². The van der Waals surface area contributed by atoms with E-state index in [1.807, 2.05) is 17.0 Å². The number of hydrogen-bond acceptors (Lipinski definition) is 4. The molecule has 160 valence electrons. The van der Waals surface area contributed by atoms with Gasteiger partial charge in [-0.05, 0) is 37.1 Å². The molecule has 4 rings (SSSR count). The van der Waals surface area contributed by atoms with Crippen LogP contribution in [0.15, 0.2) is 36.7 Å². The molecule has 2 aromatic rings. The summed E-state index contributed by atoms with van der Waals surface area (Å²) in [6.07, 6.45) is 7.77. The first-order valence-corrected chi connectivity index (χ1v) is 11.1. The fourth-order valence-corrected chi connectivity index (χ4v) is 4.35. The molecule has 8 heteroatoms. The van der Waals surface area contributed by atoms with Crippen molar-refractivity contribution in [1.29, 1.82) is 0 Å². The van der Waals surface area contributed by atoms with Gasteiger partial charge in [0.2, 0.25) is 5.91 Å². The van der Waals surface area contributed by atoms with Gasteiger partial charge < -0.3 is 10.2 Å². The van der Waals surface area contributed by atoms with Gasteiger partial charge >= 0.3 is 0 Å². The summed E-state index contributed by atoms with van der Waals surface area (Å²) in [5, 5.41) is 7.88. The lowest BCUT2D eigenvalue weighted by Crippen LogP contribution is -2.51. The molecule has 2 heterocycles. The lowest BCUT2D eigenvalue weighted by molar-refractivity contribution is -0.137. The molecule has 0 unspecified atom stereocenters. The molecule has 7 nitrogen and oxygen atoms in total. The van der Waals surface area contributed by atoms with Gasteiger partial charge in [-0.1, -0.05) is 24.4 Å². The van der Waals surface area contributed by atoms with Crippen LogP contribution >= 0.6 is 11.6 Å². The van der Waals surface area contributed by atoms with Gasteiger partial charge in [0.05, 0.1) is 17.4 Å². The van der Waals surface area contributed by atoms with Gasteiger partial charge in [0.15, 0.2) is 0 Å². The first-order valence-electron chi connectivity index (χ1n) is 10.7. The summed E-state index contributed by atoms with van der Waals surface area (Å²) in [6.45, 7) is 4.66. The van der Waals surface area contributed by atoms with Crippen LogP contribution in [0.3, 0.4) is 0 Å². The van der Waals surface area contributed by atoms with Gasteiger partial charge in [0, 0.05) is 56.4 Å². The van der Waals surface area contributed by atoms with Crippen LogP contribution in [0, 0.1) is 5.92 Å². The Hall–Kier alpha value is -2.38.